The first-order valence-electron chi connectivity index (χ1n) is 6.64. The van der Waals surface area contributed by atoms with Gasteiger partial charge in [0, 0.05) is 6.04 Å². The number of para-hydroxylation sites is 1. The van der Waals surface area contributed by atoms with Crippen LogP contribution in [0.1, 0.15) is 32.1 Å². The van der Waals surface area contributed by atoms with Crippen molar-refractivity contribution in [3.63, 3.8) is 0 Å². The van der Waals surface area contributed by atoms with E-state index in [9.17, 15) is 9.18 Å². The molecular weight excluding hydrogens is 267 g/mol. The van der Waals surface area contributed by atoms with Crippen LogP contribution in [-0.4, -0.2) is 18.5 Å². The minimum Gasteiger partial charge on any atom is -0.373 e. The summed E-state index contributed by atoms with van der Waals surface area (Å²) in [5.41, 5.74) is 0.183. The van der Waals surface area contributed by atoms with Crippen LogP contribution in [0.4, 0.5) is 10.1 Å². The second kappa shape index (κ2) is 6.75. The Bertz CT molecular complexity index is 427. The molecule has 0 bridgehead atoms. The van der Waals surface area contributed by atoms with Gasteiger partial charge in [-0.3, -0.25) is 4.79 Å². The van der Waals surface area contributed by atoms with Crippen LogP contribution >= 0.6 is 11.6 Å². The van der Waals surface area contributed by atoms with E-state index in [0.29, 0.717) is 0 Å². The standard InChI is InChI=1S/C14H18ClFN2O/c15-11-7-4-8-12(16)14(11)17-9-13(19)18-10-5-2-1-3-6-10/h4,7-8,10,17H,1-3,5-6,9H2,(H,18,19). The van der Waals surface area contributed by atoms with E-state index in [1.165, 1.54) is 18.6 Å². The Morgan fingerprint density at radius 3 is 2.74 bits per heavy atom. The van der Waals surface area contributed by atoms with Gasteiger partial charge in [-0.15, -0.1) is 0 Å². The van der Waals surface area contributed by atoms with Crippen molar-refractivity contribution in [2.75, 3.05) is 11.9 Å². The topological polar surface area (TPSA) is 41.1 Å². The fraction of sp³-hybridized carbons (Fsp3) is 0.500. The Morgan fingerprint density at radius 1 is 1.32 bits per heavy atom. The third kappa shape index (κ3) is 4.10. The maximum absolute atomic E-state index is 13.5. The molecule has 0 radical (unpaired) electrons. The summed E-state index contributed by atoms with van der Waals surface area (Å²) >= 11 is 5.87. The Morgan fingerprint density at radius 2 is 2.05 bits per heavy atom. The minimum absolute atomic E-state index is 0.0388. The van der Waals surface area contributed by atoms with Crippen LogP contribution in [0.2, 0.25) is 5.02 Å². The van der Waals surface area contributed by atoms with Crippen molar-refractivity contribution in [3.05, 3.63) is 29.0 Å². The number of nitrogens with one attached hydrogen (secondary N) is 2. The second-order valence-corrected chi connectivity index (χ2v) is 5.26. The number of carbonyl (C=O) groups is 1. The lowest BCUT2D eigenvalue weighted by Crippen LogP contribution is -2.39. The molecule has 2 N–H and O–H groups in total. The lowest BCUT2D eigenvalue weighted by molar-refractivity contribution is -0.120. The Hall–Kier alpha value is -1.29. The summed E-state index contributed by atoms with van der Waals surface area (Å²) in [6.45, 7) is 0.0388. The van der Waals surface area contributed by atoms with E-state index in [1.807, 2.05) is 0 Å². The summed E-state index contributed by atoms with van der Waals surface area (Å²) < 4.78 is 13.5. The zero-order valence-corrected chi connectivity index (χ0v) is 11.5. The quantitative estimate of drug-likeness (QED) is 0.890. The van der Waals surface area contributed by atoms with Crippen LogP contribution in [0.15, 0.2) is 18.2 Å². The maximum atomic E-state index is 13.5. The van der Waals surface area contributed by atoms with Crippen molar-refractivity contribution in [2.45, 2.75) is 38.1 Å². The zero-order valence-electron chi connectivity index (χ0n) is 10.7. The van der Waals surface area contributed by atoms with Gasteiger partial charge in [-0.1, -0.05) is 36.9 Å². The van der Waals surface area contributed by atoms with E-state index in [-0.39, 0.29) is 29.2 Å². The molecule has 0 saturated heterocycles. The van der Waals surface area contributed by atoms with Crippen molar-refractivity contribution in [1.82, 2.24) is 5.32 Å². The molecule has 1 fully saturated rings. The molecule has 1 aromatic carbocycles. The number of hydrogen-bond acceptors (Lipinski definition) is 2. The highest BCUT2D eigenvalue weighted by Gasteiger charge is 2.16. The fourth-order valence-corrected chi connectivity index (χ4v) is 2.59. The summed E-state index contributed by atoms with van der Waals surface area (Å²) in [7, 11) is 0. The normalized spacial score (nSPS) is 16.1. The van der Waals surface area contributed by atoms with Crippen molar-refractivity contribution in [3.8, 4) is 0 Å². The number of benzene rings is 1. The van der Waals surface area contributed by atoms with Gasteiger partial charge >= 0.3 is 0 Å². The van der Waals surface area contributed by atoms with Crippen molar-refractivity contribution in [1.29, 1.82) is 0 Å². The van der Waals surface area contributed by atoms with Crippen LogP contribution in [0.25, 0.3) is 0 Å². The maximum Gasteiger partial charge on any atom is 0.239 e. The van der Waals surface area contributed by atoms with Gasteiger partial charge in [-0.05, 0) is 25.0 Å². The van der Waals surface area contributed by atoms with Gasteiger partial charge in [0.15, 0.2) is 0 Å². The van der Waals surface area contributed by atoms with Gasteiger partial charge in [0.05, 0.1) is 17.3 Å². The number of halogens is 2. The van der Waals surface area contributed by atoms with Crippen molar-refractivity contribution < 1.29 is 9.18 Å². The first-order valence-corrected chi connectivity index (χ1v) is 7.02. The molecule has 0 aliphatic heterocycles. The van der Waals surface area contributed by atoms with Crippen LogP contribution in [-0.2, 0) is 4.79 Å². The number of amides is 1. The van der Waals surface area contributed by atoms with Gasteiger partial charge in [0.25, 0.3) is 0 Å². The molecular formula is C14H18ClFN2O. The van der Waals surface area contributed by atoms with E-state index in [4.69, 9.17) is 11.6 Å². The lowest BCUT2D eigenvalue weighted by Gasteiger charge is -2.23. The monoisotopic (exact) mass is 284 g/mol. The van der Waals surface area contributed by atoms with E-state index < -0.39 is 5.82 Å². The van der Waals surface area contributed by atoms with Crippen LogP contribution in [0, 0.1) is 5.82 Å². The van der Waals surface area contributed by atoms with E-state index in [0.717, 1.165) is 25.7 Å². The molecule has 5 heteroatoms. The second-order valence-electron chi connectivity index (χ2n) is 4.85. The summed E-state index contributed by atoms with van der Waals surface area (Å²) in [4.78, 5) is 11.8. The third-order valence-electron chi connectivity index (χ3n) is 3.36. The molecule has 0 unspecified atom stereocenters. The van der Waals surface area contributed by atoms with E-state index in [1.54, 1.807) is 6.07 Å². The first-order chi connectivity index (χ1) is 9.16. The van der Waals surface area contributed by atoms with Gasteiger partial charge in [0.2, 0.25) is 5.91 Å². The Kier molecular flexibility index (Phi) is 5.02. The van der Waals surface area contributed by atoms with Crippen LogP contribution < -0.4 is 10.6 Å². The minimum atomic E-state index is -0.446. The predicted molar refractivity (Wildman–Crippen MR) is 74.9 cm³/mol. The van der Waals surface area contributed by atoms with Crippen molar-refractivity contribution >= 4 is 23.2 Å². The molecule has 1 aliphatic carbocycles. The molecule has 0 heterocycles. The molecule has 0 atom stereocenters. The fourth-order valence-electron chi connectivity index (χ4n) is 2.36. The molecule has 3 nitrogen and oxygen atoms in total. The zero-order chi connectivity index (χ0) is 13.7. The summed E-state index contributed by atoms with van der Waals surface area (Å²) in [5, 5.41) is 6.00. The van der Waals surface area contributed by atoms with Gasteiger partial charge in [-0.2, -0.15) is 0 Å². The largest absolute Gasteiger partial charge is 0.373 e. The van der Waals surface area contributed by atoms with Crippen LogP contribution in [0.3, 0.4) is 0 Å². The highest BCUT2D eigenvalue weighted by molar-refractivity contribution is 6.33. The van der Waals surface area contributed by atoms with E-state index in [2.05, 4.69) is 10.6 Å². The summed E-state index contributed by atoms with van der Waals surface area (Å²) in [5.74, 6) is -0.566. The highest BCUT2D eigenvalue weighted by atomic mass is 35.5. The molecule has 1 amide bonds. The summed E-state index contributed by atoms with van der Waals surface area (Å²) in [6.07, 6.45) is 5.64. The van der Waals surface area contributed by atoms with Gasteiger partial charge < -0.3 is 10.6 Å². The van der Waals surface area contributed by atoms with E-state index >= 15 is 0 Å². The molecule has 19 heavy (non-hydrogen) atoms. The number of anilines is 1. The Balaban J connectivity index is 1.83. The highest BCUT2D eigenvalue weighted by Crippen LogP contribution is 2.24. The smallest absolute Gasteiger partial charge is 0.239 e. The number of hydrogen-bond donors (Lipinski definition) is 2. The molecule has 0 spiro atoms. The first kappa shape index (κ1) is 14.1. The Labute approximate surface area is 117 Å². The average molecular weight is 285 g/mol. The van der Waals surface area contributed by atoms with Crippen LogP contribution in [0.5, 0.6) is 0 Å². The SMILES string of the molecule is O=C(CNc1c(F)cccc1Cl)NC1CCCCC1. The molecule has 0 aromatic heterocycles. The molecule has 104 valence electrons. The van der Waals surface area contributed by atoms with Crippen molar-refractivity contribution in [2.24, 2.45) is 0 Å². The third-order valence-corrected chi connectivity index (χ3v) is 3.67. The average Bonchev–Trinajstić information content (AvgIpc) is 2.39. The number of rotatable bonds is 4. The molecule has 1 saturated carbocycles. The molecule has 1 aliphatic rings. The summed E-state index contributed by atoms with van der Waals surface area (Å²) in [6, 6.07) is 4.70. The predicted octanol–water partition coefficient (Wildman–Crippen LogP) is 3.34. The molecule has 2 rings (SSSR count). The number of carbonyl (C=O) groups excluding carboxylic acids is 1. The molecule has 1 aromatic rings. The van der Waals surface area contributed by atoms with Gasteiger partial charge in [-0.25, -0.2) is 4.39 Å². The lowest BCUT2D eigenvalue weighted by atomic mass is 9.95. The van der Waals surface area contributed by atoms with Gasteiger partial charge in [0.1, 0.15) is 5.82 Å².